The molecule has 0 saturated heterocycles. The van der Waals surface area contributed by atoms with Crippen LogP contribution in [0.5, 0.6) is 11.5 Å². The lowest BCUT2D eigenvalue weighted by Crippen LogP contribution is -2.22. The summed E-state index contributed by atoms with van der Waals surface area (Å²) in [5, 5.41) is 8.94. The van der Waals surface area contributed by atoms with Crippen LogP contribution >= 0.6 is 0 Å². The van der Waals surface area contributed by atoms with Gasteiger partial charge in [0.25, 0.3) is 0 Å². The van der Waals surface area contributed by atoms with Gasteiger partial charge in [-0.3, -0.25) is 4.68 Å². The zero-order chi connectivity index (χ0) is 20.2. The lowest BCUT2D eigenvalue weighted by molar-refractivity contribution is 0.293. The van der Waals surface area contributed by atoms with Gasteiger partial charge in [0.2, 0.25) is 0 Å². The van der Waals surface area contributed by atoms with Crippen LogP contribution in [0.2, 0.25) is 0 Å². The molecule has 0 amide bonds. The van der Waals surface area contributed by atoms with Gasteiger partial charge in [-0.25, -0.2) is 14.6 Å². The Balaban J connectivity index is 1.48. The van der Waals surface area contributed by atoms with Gasteiger partial charge in [0.05, 0.1) is 13.2 Å². The summed E-state index contributed by atoms with van der Waals surface area (Å²) < 4.78 is 15.3. The number of benzene rings is 1. The molecule has 0 saturated carbocycles. The highest BCUT2D eigenvalue weighted by Gasteiger charge is 2.26. The van der Waals surface area contributed by atoms with Crippen molar-refractivity contribution in [1.29, 1.82) is 0 Å². The minimum absolute atomic E-state index is 0.262. The molecule has 0 radical (unpaired) electrons. The number of allylic oxidation sites excluding steroid dienone is 1. The smallest absolute Gasteiger partial charge is 0.188 e. The lowest BCUT2D eigenvalue weighted by Gasteiger charge is -2.21. The van der Waals surface area contributed by atoms with Crippen molar-refractivity contribution in [2.45, 2.75) is 52.3 Å². The molecule has 0 aliphatic carbocycles. The molecule has 1 atom stereocenters. The standard InChI is InChI=1S/C21H26N6O2/c1-4-28-17-5-7-18(8-6-17)29-13-19-24-21(27(25-19)12-15(2)3)16-9-10-26-20(11-16)22-14-23-26/h5-8,14,16H,2,4,9-13H2,1,3H3. The van der Waals surface area contributed by atoms with Crippen molar-refractivity contribution < 1.29 is 9.47 Å². The highest BCUT2D eigenvalue weighted by Crippen LogP contribution is 2.27. The van der Waals surface area contributed by atoms with E-state index in [2.05, 4.69) is 21.8 Å². The van der Waals surface area contributed by atoms with E-state index < -0.39 is 0 Å². The zero-order valence-corrected chi connectivity index (χ0v) is 16.9. The number of nitrogens with zero attached hydrogens (tertiary/aromatic N) is 6. The molecule has 2 aromatic heterocycles. The van der Waals surface area contributed by atoms with Crippen LogP contribution < -0.4 is 9.47 Å². The van der Waals surface area contributed by atoms with Gasteiger partial charge in [0, 0.05) is 18.9 Å². The van der Waals surface area contributed by atoms with Crippen molar-refractivity contribution in [2.75, 3.05) is 6.61 Å². The molecule has 1 aliphatic heterocycles. The topological polar surface area (TPSA) is 79.9 Å². The second-order valence-corrected chi connectivity index (χ2v) is 7.28. The van der Waals surface area contributed by atoms with E-state index in [1.54, 1.807) is 6.33 Å². The molecule has 1 aliphatic rings. The molecular formula is C21H26N6O2. The molecule has 0 spiro atoms. The molecule has 29 heavy (non-hydrogen) atoms. The minimum Gasteiger partial charge on any atom is -0.494 e. The summed E-state index contributed by atoms with van der Waals surface area (Å²) in [6.45, 7) is 10.4. The molecule has 8 heteroatoms. The van der Waals surface area contributed by atoms with Gasteiger partial charge < -0.3 is 9.47 Å². The average Bonchev–Trinajstić information content (AvgIpc) is 3.33. The fourth-order valence-electron chi connectivity index (χ4n) is 3.54. The first-order valence-electron chi connectivity index (χ1n) is 9.92. The van der Waals surface area contributed by atoms with E-state index in [1.807, 2.05) is 47.5 Å². The van der Waals surface area contributed by atoms with Gasteiger partial charge in [-0.1, -0.05) is 12.2 Å². The first-order valence-corrected chi connectivity index (χ1v) is 9.92. The van der Waals surface area contributed by atoms with Crippen molar-refractivity contribution in [3.05, 3.63) is 60.2 Å². The Morgan fingerprint density at radius 2 is 1.97 bits per heavy atom. The number of ether oxygens (including phenoxy) is 2. The number of hydrogen-bond acceptors (Lipinski definition) is 6. The van der Waals surface area contributed by atoms with Crippen molar-refractivity contribution >= 4 is 0 Å². The van der Waals surface area contributed by atoms with E-state index in [1.165, 1.54) is 0 Å². The van der Waals surface area contributed by atoms with Gasteiger partial charge in [-0.05, 0) is 44.5 Å². The van der Waals surface area contributed by atoms with E-state index in [9.17, 15) is 0 Å². The van der Waals surface area contributed by atoms with Crippen molar-refractivity contribution in [3.63, 3.8) is 0 Å². The molecule has 1 aromatic carbocycles. The van der Waals surface area contributed by atoms with Crippen LogP contribution in [0.4, 0.5) is 0 Å². The fourth-order valence-corrected chi connectivity index (χ4v) is 3.54. The third-order valence-corrected chi connectivity index (χ3v) is 4.85. The molecule has 3 aromatic rings. The SMILES string of the molecule is C=C(C)Cn1nc(COc2ccc(OCC)cc2)nc1C1CCn2ncnc2C1. The number of aryl methyl sites for hydroxylation is 1. The second kappa shape index (κ2) is 8.46. The largest absolute Gasteiger partial charge is 0.494 e. The van der Waals surface area contributed by atoms with E-state index in [-0.39, 0.29) is 5.92 Å². The summed E-state index contributed by atoms with van der Waals surface area (Å²) >= 11 is 0. The first-order chi connectivity index (χ1) is 14.1. The van der Waals surface area contributed by atoms with Crippen LogP contribution in [-0.4, -0.2) is 36.1 Å². The van der Waals surface area contributed by atoms with Crippen LogP contribution in [0, 0.1) is 0 Å². The Bertz CT molecular complexity index is 975. The van der Waals surface area contributed by atoms with Crippen molar-refractivity contribution in [2.24, 2.45) is 0 Å². The van der Waals surface area contributed by atoms with Crippen LogP contribution in [0.3, 0.4) is 0 Å². The Morgan fingerprint density at radius 3 is 2.69 bits per heavy atom. The number of rotatable bonds is 8. The molecule has 152 valence electrons. The highest BCUT2D eigenvalue weighted by molar-refractivity contribution is 5.31. The maximum Gasteiger partial charge on any atom is 0.188 e. The predicted octanol–water partition coefficient (Wildman–Crippen LogP) is 3.15. The number of aromatic nitrogens is 6. The quantitative estimate of drug-likeness (QED) is 0.546. The molecule has 0 N–H and O–H groups in total. The summed E-state index contributed by atoms with van der Waals surface area (Å²) in [7, 11) is 0. The van der Waals surface area contributed by atoms with Crippen molar-refractivity contribution in [1.82, 2.24) is 29.5 Å². The molecule has 3 heterocycles. The van der Waals surface area contributed by atoms with E-state index in [0.29, 0.717) is 25.6 Å². The minimum atomic E-state index is 0.262. The van der Waals surface area contributed by atoms with Crippen LogP contribution in [0.25, 0.3) is 0 Å². The molecule has 8 nitrogen and oxygen atoms in total. The van der Waals surface area contributed by atoms with E-state index in [4.69, 9.17) is 14.5 Å². The molecular weight excluding hydrogens is 368 g/mol. The van der Waals surface area contributed by atoms with Gasteiger partial charge in [-0.2, -0.15) is 10.2 Å². The van der Waals surface area contributed by atoms with Crippen LogP contribution in [-0.2, 0) is 26.1 Å². The Labute approximate surface area is 170 Å². The molecule has 0 fully saturated rings. The molecule has 1 unspecified atom stereocenters. The lowest BCUT2D eigenvalue weighted by atomic mass is 9.97. The van der Waals surface area contributed by atoms with Crippen molar-refractivity contribution in [3.8, 4) is 11.5 Å². The fraction of sp³-hybridized carbons (Fsp3) is 0.429. The van der Waals surface area contributed by atoms with Gasteiger partial charge in [-0.15, -0.1) is 0 Å². The average molecular weight is 394 g/mol. The Morgan fingerprint density at radius 1 is 1.21 bits per heavy atom. The van der Waals surface area contributed by atoms with E-state index >= 15 is 0 Å². The highest BCUT2D eigenvalue weighted by atomic mass is 16.5. The summed E-state index contributed by atoms with van der Waals surface area (Å²) in [5.41, 5.74) is 1.04. The number of fused-ring (bicyclic) bond motifs is 1. The normalized spacial score (nSPS) is 15.7. The third-order valence-electron chi connectivity index (χ3n) is 4.85. The maximum atomic E-state index is 5.89. The number of hydrogen-bond donors (Lipinski definition) is 0. The van der Waals surface area contributed by atoms with Crippen LogP contribution in [0.1, 0.15) is 43.7 Å². The summed E-state index contributed by atoms with van der Waals surface area (Å²) in [6, 6.07) is 7.58. The maximum absolute atomic E-state index is 5.89. The van der Waals surface area contributed by atoms with Crippen LogP contribution in [0.15, 0.2) is 42.7 Å². The predicted molar refractivity (Wildman–Crippen MR) is 108 cm³/mol. The summed E-state index contributed by atoms with van der Waals surface area (Å²) in [6.07, 6.45) is 3.39. The van der Waals surface area contributed by atoms with Gasteiger partial charge >= 0.3 is 0 Å². The molecule has 0 bridgehead atoms. The second-order valence-electron chi connectivity index (χ2n) is 7.28. The van der Waals surface area contributed by atoms with E-state index in [0.717, 1.165) is 48.1 Å². The third kappa shape index (κ3) is 4.47. The summed E-state index contributed by atoms with van der Waals surface area (Å²) in [4.78, 5) is 9.18. The summed E-state index contributed by atoms with van der Waals surface area (Å²) in [5.74, 6) is 4.49. The van der Waals surface area contributed by atoms with Gasteiger partial charge in [0.15, 0.2) is 5.82 Å². The monoisotopic (exact) mass is 394 g/mol. The van der Waals surface area contributed by atoms with Gasteiger partial charge in [0.1, 0.15) is 36.1 Å². The Hall–Kier alpha value is -3.16. The zero-order valence-electron chi connectivity index (χ0n) is 16.9. The Kier molecular flexibility index (Phi) is 5.59. The first kappa shape index (κ1) is 19.2. The molecule has 4 rings (SSSR count).